The number of aromatic nitrogens is 2. The topological polar surface area (TPSA) is 50.2 Å². The molecule has 4 nitrogen and oxygen atoms in total. The lowest BCUT2D eigenvalue weighted by Crippen LogP contribution is -1.92. The number of nitrogens with one attached hydrogen (secondary N) is 1. The molecule has 0 aliphatic rings. The van der Waals surface area contributed by atoms with Gasteiger partial charge >= 0.3 is 0 Å². The van der Waals surface area contributed by atoms with Crippen molar-refractivity contribution in [2.45, 2.75) is 0 Å². The quantitative estimate of drug-likeness (QED) is 0.588. The summed E-state index contributed by atoms with van der Waals surface area (Å²) < 4.78 is 0. The van der Waals surface area contributed by atoms with Gasteiger partial charge in [0.1, 0.15) is 0 Å². The van der Waals surface area contributed by atoms with Crippen LogP contribution in [0, 0.1) is 0 Å². The molecule has 0 atom stereocenters. The average molecular weight is 283 g/mol. The highest BCUT2D eigenvalue weighted by molar-refractivity contribution is 6.33. The van der Waals surface area contributed by atoms with Crippen molar-refractivity contribution in [2.24, 2.45) is 5.10 Å². The second-order valence-electron chi connectivity index (χ2n) is 4.15. The lowest BCUT2D eigenvalue weighted by atomic mass is 10.2. The van der Waals surface area contributed by atoms with Crippen LogP contribution in [0.3, 0.4) is 0 Å². The molecule has 1 aromatic heterocycles. The third kappa shape index (κ3) is 2.75. The Morgan fingerprint density at radius 1 is 1.00 bits per heavy atom. The van der Waals surface area contributed by atoms with Gasteiger partial charge in [0.15, 0.2) is 0 Å². The Morgan fingerprint density at radius 3 is 2.65 bits per heavy atom. The van der Waals surface area contributed by atoms with Gasteiger partial charge in [-0.25, -0.2) is 0 Å². The van der Waals surface area contributed by atoms with Crippen molar-refractivity contribution in [2.75, 3.05) is 5.43 Å². The zero-order valence-electron chi connectivity index (χ0n) is 10.5. The number of anilines is 1. The summed E-state index contributed by atoms with van der Waals surface area (Å²) in [6, 6.07) is 13.2. The molecule has 0 saturated heterocycles. The highest BCUT2D eigenvalue weighted by atomic mass is 35.5. The van der Waals surface area contributed by atoms with Crippen LogP contribution < -0.4 is 5.43 Å². The molecule has 0 unspecified atom stereocenters. The molecule has 1 N–H and O–H groups in total. The van der Waals surface area contributed by atoms with Gasteiger partial charge in [-0.3, -0.25) is 15.4 Å². The Bertz CT molecular complexity index is 770. The van der Waals surface area contributed by atoms with Crippen molar-refractivity contribution >= 4 is 34.5 Å². The molecule has 1 heterocycles. The number of hydrogen-bond acceptors (Lipinski definition) is 4. The van der Waals surface area contributed by atoms with Crippen LogP contribution in [0.2, 0.25) is 5.02 Å². The van der Waals surface area contributed by atoms with Crippen molar-refractivity contribution in [1.29, 1.82) is 0 Å². The van der Waals surface area contributed by atoms with Crippen LogP contribution in [0.5, 0.6) is 0 Å². The number of hydrazone groups is 1. The molecule has 0 spiro atoms. The molecule has 0 amide bonds. The Kier molecular flexibility index (Phi) is 3.56. The summed E-state index contributed by atoms with van der Waals surface area (Å²) in [6.07, 6.45) is 5.07. The van der Waals surface area contributed by atoms with Crippen molar-refractivity contribution < 1.29 is 0 Å². The smallest absolute Gasteiger partial charge is 0.0893 e. The number of para-hydroxylation sites is 1. The zero-order chi connectivity index (χ0) is 13.8. The van der Waals surface area contributed by atoms with Crippen molar-refractivity contribution in [3.05, 3.63) is 65.4 Å². The summed E-state index contributed by atoms with van der Waals surface area (Å²) in [5.74, 6) is 0. The standard InChI is InChI=1S/C15H11ClN4/c16-12-3-1-2-4-13(12)20-19-10-11-5-6-14-15(9-11)18-8-7-17-14/h1-10,20H. The van der Waals surface area contributed by atoms with E-state index in [9.17, 15) is 0 Å². The van der Waals surface area contributed by atoms with Crippen LogP contribution in [-0.2, 0) is 0 Å². The summed E-state index contributed by atoms with van der Waals surface area (Å²) in [7, 11) is 0. The van der Waals surface area contributed by atoms with E-state index in [-0.39, 0.29) is 0 Å². The second-order valence-corrected chi connectivity index (χ2v) is 4.56. The van der Waals surface area contributed by atoms with Crippen LogP contribution in [0.15, 0.2) is 60.0 Å². The first-order valence-corrected chi connectivity index (χ1v) is 6.45. The Labute approximate surface area is 121 Å². The van der Waals surface area contributed by atoms with Crippen molar-refractivity contribution in [3.63, 3.8) is 0 Å². The largest absolute Gasteiger partial charge is 0.277 e. The molecule has 0 saturated carbocycles. The zero-order valence-corrected chi connectivity index (χ0v) is 11.2. The molecule has 2 aromatic carbocycles. The van der Waals surface area contributed by atoms with Crippen LogP contribution >= 0.6 is 11.6 Å². The van der Waals surface area contributed by atoms with Gasteiger partial charge in [-0.05, 0) is 29.8 Å². The Hall–Kier alpha value is -2.46. The molecule has 0 bridgehead atoms. The molecular weight excluding hydrogens is 272 g/mol. The third-order valence-corrected chi connectivity index (χ3v) is 3.10. The first-order valence-electron chi connectivity index (χ1n) is 6.07. The third-order valence-electron chi connectivity index (χ3n) is 2.77. The van der Waals surface area contributed by atoms with E-state index < -0.39 is 0 Å². The second kappa shape index (κ2) is 5.67. The molecule has 98 valence electrons. The molecular formula is C15H11ClN4. The van der Waals surface area contributed by atoms with Gasteiger partial charge < -0.3 is 0 Å². The predicted octanol–water partition coefficient (Wildman–Crippen LogP) is 3.73. The minimum Gasteiger partial charge on any atom is -0.277 e. The van der Waals surface area contributed by atoms with E-state index >= 15 is 0 Å². The maximum Gasteiger partial charge on any atom is 0.0893 e. The molecule has 3 aromatic rings. The minimum absolute atomic E-state index is 0.633. The monoisotopic (exact) mass is 282 g/mol. The molecule has 0 radical (unpaired) electrons. The minimum atomic E-state index is 0.633. The van der Waals surface area contributed by atoms with Gasteiger partial charge in [0.05, 0.1) is 28.0 Å². The summed E-state index contributed by atoms with van der Waals surface area (Å²) in [5.41, 5.74) is 6.33. The fourth-order valence-corrected chi connectivity index (χ4v) is 1.97. The van der Waals surface area contributed by atoms with Gasteiger partial charge in [-0.15, -0.1) is 0 Å². The first-order chi connectivity index (χ1) is 9.83. The first kappa shape index (κ1) is 12.6. The van der Waals surface area contributed by atoms with E-state index in [0.29, 0.717) is 5.02 Å². The highest BCUT2D eigenvalue weighted by Crippen LogP contribution is 2.20. The van der Waals surface area contributed by atoms with Crippen LogP contribution in [0.1, 0.15) is 5.56 Å². The molecule has 5 heteroatoms. The van der Waals surface area contributed by atoms with Crippen LogP contribution in [-0.4, -0.2) is 16.2 Å². The summed E-state index contributed by atoms with van der Waals surface area (Å²) in [5, 5.41) is 4.81. The van der Waals surface area contributed by atoms with E-state index in [1.807, 2.05) is 42.5 Å². The van der Waals surface area contributed by atoms with Crippen LogP contribution in [0.4, 0.5) is 5.69 Å². The molecule has 20 heavy (non-hydrogen) atoms. The van der Waals surface area contributed by atoms with E-state index in [4.69, 9.17) is 11.6 Å². The molecule has 0 aliphatic carbocycles. The number of halogens is 1. The average Bonchev–Trinajstić information content (AvgIpc) is 2.49. The highest BCUT2D eigenvalue weighted by Gasteiger charge is 1.97. The van der Waals surface area contributed by atoms with E-state index in [2.05, 4.69) is 20.5 Å². The summed E-state index contributed by atoms with van der Waals surface area (Å²) in [6.45, 7) is 0. The molecule has 0 fully saturated rings. The van der Waals surface area contributed by atoms with E-state index in [1.54, 1.807) is 18.6 Å². The maximum atomic E-state index is 6.03. The lowest BCUT2D eigenvalue weighted by molar-refractivity contribution is 1.29. The summed E-state index contributed by atoms with van der Waals surface area (Å²) in [4.78, 5) is 8.48. The van der Waals surface area contributed by atoms with Gasteiger partial charge in [-0.1, -0.05) is 29.8 Å². The molecule has 3 rings (SSSR count). The number of fused-ring (bicyclic) bond motifs is 1. The Morgan fingerprint density at radius 2 is 1.80 bits per heavy atom. The fourth-order valence-electron chi connectivity index (χ4n) is 1.79. The van der Waals surface area contributed by atoms with Crippen LogP contribution in [0.25, 0.3) is 11.0 Å². The van der Waals surface area contributed by atoms with Crippen molar-refractivity contribution in [3.8, 4) is 0 Å². The molecule has 0 aliphatic heterocycles. The predicted molar refractivity (Wildman–Crippen MR) is 82.2 cm³/mol. The number of nitrogens with zero attached hydrogens (tertiary/aromatic N) is 3. The van der Waals surface area contributed by atoms with E-state index in [1.165, 1.54) is 0 Å². The van der Waals surface area contributed by atoms with Gasteiger partial charge in [0, 0.05) is 12.4 Å². The number of rotatable bonds is 3. The van der Waals surface area contributed by atoms with Crippen molar-refractivity contribution in [1.82, 2.24) is 9.97 Å². The fraction of sp³-hybridized carbons (Fsp3) is 0. The summed E-state index contributed by atoms with van der Waals surface area (Å²) >= 11 is 6.03. The van der Waals surface area contributed by atoms with Gasteiger partial charge in [-0.2, -0.15) is 5.10 Å². The Balaban J connectivity index is 1.79. The number of benzene rings is 2. The normalized spacial score (nSPS) is 11.1. The maximum absolute atomic E-state index is 6.03. The van der Waals surface area contributed by atoms with Gasteiger partial charge in [0.2, 0.25) is 0 Å². The van der Waals surface area contributed by atoms with E-state index in [0.717, 1.165) is 22.3 Å². The SMILES string of the molecule is Clc1ccccc1NN=Cc1ccc2nccnc2c1. The van der Waals surface area contributed by atoms with Gasteiger partial charge in [0.25, 0.3) is 0 Å². The lowest BCUT2D eigenvalue weighted by Gasteiger charge is -2.02. The number of hydrogen-bond donors (Lipinski definition) is 1.